The summed E-state index contributed by atoms with van der Waals surface area (Å²) in [5.41, 5.74) is 3.56. The molecule has 6 heteroatoms. The predicted molar refractivity (Wildman–Crippen MR) is 108 cm³/mol. The molecule has 0 radical (unpaired) electrons. The summed E-state index contributed by atoms with van der Waals surface area (Å²) < 4.78 is 0. The van der Waals surface area contributed by atoms with Crippen LogP contribution in [0.25, 0.3) is 10.9 Å². The number of nitrogens with one attached hydrogen (secondary N) is 3. The molecule has 0 saturated carbocycles. The third-order valence-corrected chi connectivity index (χ3v) is 5.36. The average molecular weight is 370 g/mol. The van der Waals surface area contributed by atoms with E-state index in [-0.39, 0.29) is 36.4 Å². The van der Waals surface area contributed by atoms with Gasteiger partial charge in [-0.25, -0.2) is 0 Å². The first kappa shape index (κ1) is 19.4. The fourth-order valence-corrected chi connectivity index (χ4v) is 3.98. The summed E-state index contributed by atoms with van der Waals surface area (Å²) >= 11 is 0. The molecule has 1 saturated heterocycles. The molecular formula is C21H30N4O2. The summed E-state index contributed by atoms with van der Waals surface area (Å²) in [4.78, 5) is 30.2. The van der Waals surface area contributed by atoms with Crippen LogP contribution in [0.5, 0.6) is 0 Å². The molecule has 1 aromatic carbocycles. The molecule has 6 nitrogen and oxygen atoms in total. The lowest BCUT2D eigenvalue weighted by atomic mass is 10.0. The number of benzene rings is 1. The van der Waals surface area contributed by atoms with Crippen molar-refractivity contribution in [1.82, 2.24) is 20.5 Å². The van der Waals surface area contributed by atoms with Gasteiger partial charge in [0, 0.05) is 42.3 Å². The average Bonchev–Trinajstić information content (AvgIpc) is 3.00. The van der Waals surface area contributed by atoms with Crippen molar-refractivity contribution in [3.63, 3.8) is 0 Å². The molecule has 2 heterocycles. The van der Waals surface area contributed by atoms with Crippen molar-refractivity contribution in [3.8, 4) is 0 Å². The van der Waals surface area contributed by atoms with E-state index in [0.717, 1.165) is 18.5 Å². The number of nitrogens with zero attached hydrogens (tertiary/aromatic N) is 1. The SMILES string of the molecule is Cc1cccc2c(C[C@@H](C)NC(=O)C[C@H]3C(=O)NCCN3C(C)C)c[nH]c12. The van der Waals surface area contributed by atoms with Crippen molar-refractivity contribution in [1.29, 1.82) is 0 Å². The van der Waals surface area contributed by atoms with Crippen LogP contribution in [0.15, 0.2) is 24.4 Å². The summed E-state index contributed by atoms with van der Waals surface area (Å²) in [5.74, 6) is -0.129. The van der Waals surface area contributed by atoms with E-state index >= 15 is 0 Å². The Bertz CT molecular complexity index is 827. The molecule has 1 aliphatic heterocycles. The Hall–Kier alpha value is -2.34. The molecule has 0 unspecified atom stereocenters. The molecule has 3 N–H and O–H groups in total. The van der Waals surface area contributed by atoms with Crippen molar-refractivity contribution in [2.75, 3.05) is 13.1 Å². The minimum atomic E-state index is -0.387. The first-order valence-electron chi connectivity index (χ1n) is 9.75. The fraction of sp³-hybridized carbons (Fsp3) is 0.524. The van der Waals surface area contributed by atoms with Crippen LogP contribution < -0.4 is 10.6 Å². The highest BCUT2D eigenvalue weighted by Crippen LogP contribution is 2.22. The molecule has 0 bridgehead atoms. The van der Waals surface area contributed by atoms with Crippen LogP contribution in [0, 0.1) is 6.92 Å². The standard InChI is InChI=1S/C21H30N4O2/c1-13(2)25-9-8-22-21(27)18(25)11-19(26)24-15(4)10-16-12-23-20-14(3)6-5-7-17(16)20/h5-7,12-13,15,18,23H,8-11H2,1-4H3,(H,22,27)(H,24,26)/t15-,18+/m1/s1. The molecule has 0 spiro atoms. The zero-order chi connectivity index (χ0) is 19.6. The second-order valence-corrected chi connectivity index (χ2v) is 7.83. The molecule has 1 aliphatic rings. The van der Waals surface area contributed by atoms with E-state index in [2.05, 4.69) is 59.5 Å². The van der Waals surface area contributed by atoms with Crippen LogP contribution in [0.1, 0.15) is 38.3 Å². The van der Waals surface area contributed by atoms with E-state index in [9.17, 15) is 9.59 Å². The van der Waals surface area contributed by atoms with Gasteiger partial charge in [0.05, 0.1) is 12.5 Å². The van der Waals surface area contributed by atoms with Crippen LogP contribution in [-0.4, -0.2) is 52.9 Å². The second-order valence-electron chi connectivity index (χ2n) is 7.83. The number of fused-ring (bicyclic) bond motifs is 1. The third kappa shape index (κ3) is 4.33. The van der Waals surface area contributed by atoms with Gasteiger partial charge >= 0.3 is 0 Å². The summed E-state index contributed by atoms with van der Waals surface area (Å²) in [7, 11) is 0. The van der Waals surface area contributed by atoms with Gasteiger partial charge in [0.1, 0.15) is 0 Å². The maximum atomic E-state index is 12.6. The predicted octanol–water partition coefficient (Wildman–Crippen LogP) is 2.12. The van der Waals surface area contributed by atoms with Crippen LogP contribution >= 0.6 is 0 Å². The van der Waals surface area contributed by atoms with Gasteiger partial charge in [0.2, 0.25) is 11.8 Å². The van der Waals surface area contributed by atoms with Crippen molar-refractivity contribution in [2.24, 2.45) is 0 Å². The van der Waals surface area contributed by atoms with Crippen molar-refractivity contribution in [3.05, 3.63) is 35.5 Å². The number of H-pyrrole nitrogens is 1. The van der Waals surface area contributed by atoms with Crippen molar-refractivity contribution >= 4 is 22.7 Å². The van der Waals surface area contributed by atoms with E-state index in [1.54, 1.807) is 0 Å². The minimum Gasteiger partial charge on any atom is -0.361 e. The maximum Gasteiger partial charge on any atom is 0.237 e. The van der Waals surface area contributed by atoms with Crippen LogP contribution in [0.4, 0.5) is 0 Å². The number of hydrogen-bond donors (Lipinski definition) is 3. The summed E-state index contributed by atoms with van der Waals surface area (Å²) in [6, 6.07) is 6.10. The minimum absolute atomic E-state index is 0.00355. The van der Waals surface area contributed by atoms with E-state index in [4.69, 9.17) is 0 Å². The summed E-state index contributed by atoms with van der Waals surface area (Å²) in [5, 5.41) is 7.14. The lowest BCUT2D eigenvalue weighted by molar-refractivity contribution is -0.135. The van der Waals surface area contributed by atoms with Crippen molar-refractivity contribution < 1.29 is 9.59 Å². The lowest BCUT2D eigenvalue weighted by Crippen LogP contribution is -2.58. The Morgan fingerprint density at radius 1 is 1.33 bits per heavy atom. The normalized spacial score (nSPS) is 19.3. The van der Waals surface area contributed by atoms with Crippen LogP contribution in [0.2, 0.25) is 0 Å². The second kappa shape index (κ2) is 8.13. The van der Waals surface area contributed by atoms with Gasteiger partial charge in [-0.2, -0.15) is 0 Å². The van der Waals surface area contributed by atoms with E-state index in [1.807, 2.05) is 13.1 Å². The number of para-hydroxylation sites is 1. The molecule has 27 heavy (non-hydrogen) atoms. The highest BCUT2D eigenvalue weighted by atomic mass is 16.2. The molecular weight excluding hydrogens is 340 g/mol. The Morgan fingerprint density at radius 2 is 2.11 bits per heavy atom. The summed E-state index contributed by atoms with van der Waals surface area (Å²) in [6.45, 7) is 9.64. The number of hydrogen-bond acceptors (Lipinski definition) is 3. The van der Waals surface area contributed by atoms with E-state index < -0.39 is 0 Å². The summed E-state index contributed by atoms with van der Waals surface area (Å²) in [6.07, 6.45) is 2.97. The Kier molecular flexibility index (Phi) is 5.85. The molecule has 0 aliphatic carbocycles. The maximum absolute atomic E-state index is 12.6. The van der Waals surface area contributed by atoms with Gasteiger partial charge in [0.15, 0.2) is 0 Å². The van der Waals surface area contributed by atoms with Gasteiger partial charge in [-0.3, -0.25) is 14.5 Å². The highest BCUT2D eigenvalue weighted by Gasteiger charge is 2.33. The number of aromatic nitrogens is 1. The van der Waals surface area contributed by atoms with Gasteiger partial charge in [-0.15, -0.1) is 0 Å². The zero-order valence-electron chi connectivity index (χ0n) is 16.6. The highest BCUT2D eigenvalue weighted by molar-refractivity contribution is 5.89. The first-order valence-corrected chi connectivity index (χ1v) is 9.75. The van der Waals surface area contributed by atoms with Crippen molar-refractivity contribution in [2.45, 2.75) is 58.7 Å². The van der Waals surface area contributed by atoms with E-state index in [0.29, 0.717) is 6.54 Å². The smallest absolute Gasteiger partial charge is 0.237 e. The van der Waals surface area contributed by atoms with Gasteiger partial charge in [0.25, 0.3) is 0 Å². The molecule has 2 aromatic rings. The quantitative estimate of drug-likeness (QED) is 0.729. The molecule has 2 atom stereocenters. The molecule has 3 rings (SSSR count). The van der Waals surface area contributed by atoms with Gasteiger partial charge < -0.3 is 15.6 Å². The molecule has 2 amide bonds. The monoisotopic (exact) mass is 370 g/mol. The largest absolute Gasteiger partial charge is 0.361 e. The molecule has 1 aromatic heterocycles. The number of aromatic amines is 1. The van der Waals surface area contributed by atoms with Crippen LogP contribution in [-0.2, 0) is 16.0 Å². The fourth-order valence-electron chi connectivity index (χ4n) is 3.98. The zero-order valence-corrected chi connectivity index (χ0v) is 16.6. The van der Waals surface area contributed by atoms with Crippen LogP contribution in [0.3, 0.4) is 0 Å². The molecule has 146 valence electrons. The Labute approximate surface area is 160 Å². The number of aryl methyl sites for hydroxylation is 1. The van der Waals surface area contributed by atoms with Gasteiger partial charge in [-0.05, 0) is 45.2 Å². The number of carbonyl (C=O) groups is 2. The lowest BCUT2D eigenvalue weighted by Gasteiger charge is -2.37. The number of carbonyl (C=O) groups excluding carboxylic acids is 2. The Balaban J connectivity index is 1.61. The number of rotatable bonds is 6. The Morgan fingerprint density at radius 3 is 2.85 bits per heavy atom. The third-order valence-electron chi connectivity index (χ3n) is 5.36. The van der Waals surface area contributed by atoms with E-state index in [1.165, 1.54) is 16.5 Å². The number of amides is 2. The van der Waals surface area contributed by atoms with Gasteiger partial charge in [-0.1, -0.05) is 18.2 Å². The number of piperazine rings is 1. The molecule has 1 fully saturated rings. The first-order chi connectivity index (χ1) is 12.9. The topological polar surface area (TPSA) is 77.2 Å².